The topological polar surface area (TPSA) is 26.0 Å². The van der Waals surface area contributed by atoms with Crippen LogP contribution < -0.4 is 5.73 Å². The first-order valence-electron chi connectivity index (χ1n) is 7.08. The largest absolute Gasteiger partial charge is 0.324 e. The van der Waals surface area contributed by atoms with Gasteiger partial charge < -0.3 is 5.73 Å². The van der Waals surface area contributed by atoms with Crippen molar-refractivity contribution in [2.45, 2.75) is 38.6 Å². The molecule has 0 amide bonds. The van der Waals surface area contributed by atoms with Gasteiger partial charge in [-0.3, -0.25) is 0 Å². The zero-order valence-electron chi connectivity index (χ0n) is 12.7. The van der Waals surface area contributed by atoms with E-state index in [1.165, 1.54) is 5.56 Å². The Kier molecular flexibility index (Phi) is 4.70. The Hall–Kier alpha value is -1.38. The van der Waals surface area contributed by atoms with Gasteiger partial charge in [0, 0.05) is 6.04 Å². The average Bonchev–Trinajstić information content (AvgIpc) is 2.43. The third-order valence-electron chi connectivity index (χ3n) is 3.64. The second-order valence-corrected chi connectivity index (χ2v) is 6.77. The molecule has 0 fully saturated rings. The Balaban J connectivity index is 2.33. The van der Waals surface area contributed by atoms with Gasteiger partial charge in [-0.25, -0.2) is 4.39 Å². The van der Waals surface area contributed by atoms with Gasteiger partial charge >= 0.3 is 0 Å². The molecule has 2 N–H and O–H groups in total. The highest BCUT2D eigenvalue weighted by atomic mass is 35.5. The Labute approximate surface area is 130 Å². The molecule has 0 aromatic heterocycles. The molecule has 2 aromatic rings. The number of nitrogens with two attached hydrogens (primary N) is 1. The van der Waals surface area contributed by atoms with Crippen LogP contribution in [0.15, 0.2) is 42.5 Å². The molecule has 0 bridgehead atoms. The van der Waals surface area contributed by atoms with E-state index in [4.69, 9.17) is 17.3 Å². The van der Waals surface area contributed by atoms with E-state index >= 15 is 0 Å². The Bertz CT molecular complexity index is 631. The van der Waals surface area contributed by atoms with Crippen LogP contribution >= 0.6 is 11.6 Å². The van der Waals surface area contributed by atoms with Crippen LogP contribution in [0.5, 0.6) is 0 Å². The Morgan fingerprint density at radius 2 is 1.76 bits per heavy atom. The maximum absolute atomic E-state index is 14.0. The molecule has 112 valence electrons. The van der Waals surface area contributed by atoms with Gasteiger partial charge in [-0.15, -0.1) is 0 Å². The average molecular weight is 306 g/mol. The first-order chi connectivity index (χ1) is 9.80. The van der Waals surface area contributed by atoms with E-state index in [0.29, 0.717) is 12.0 Å². The monoisotopic (exact) mass is 305 g/mol. The van der Waals surface area contributed by atoms with Crippen molar-refractivity contribution in [3.63, 3.8) is 0 Å². The summed E-state index contributed by atoms with van der Waals surface area (Å²) in [5.41, 5.74) is 9.14. The predicted octanol–water partition coefficient (Wildman–Crippen LogP) is 5.02. The van der Waals surface area contributed by atoms with E-state index in [2.05, 4.69) is 26.8 Å². The number of rotatable bonds is 3. The molecule has 21 heavy (non-hydrogen) atoms. The minimum Gasteiger partial charge on any atom is -0.324 e. The summed E-state index contributed by atoms with van der Waals surface area (Å²) in [7, 11) is 0. The van der Waals surface area contributed by atoms with E-state index < -0.39 is 0 Å². The molecule has 2 rings (SSSR count). The molecular weight excluding hydrogens is 285 g/mol. The lowest BCUT2D eigenvalue weighted by atomic mass is 9.81. The van der Waals surface area contributed by atoms with Gasteiger partial charge in [0.15, 0.2) is 0 Å². The van der Waals surface area contributed by atoms with Crippen LogP contribution in [0, 0.1) is 5.82 Å². The molecule has 0 heterocycles. The third kappa shape index (κ3) is 3.63. The smallest absolute Gasteiger partial charge is 0.145 e. The quantitative estimate of drug-likeness (QED) is 0.846. The molecule has 0 saturated carbocycles. The van der Waals surface area contributed by atoms with Gasteiger partial charge in [0.05, 0.1) is 5.02 Å². The molecule has 1 atom stereocenters. The zero-order valence-corrected chi connectivity index (χ0v) is 13.4. The summed E-state index contributed by atoms with van der Waals surface area (Å²) in [6.45, 7) is 6.45. The Morgan fingerprint density at radius 3 is 2.43 bits per heavy atom. The van der Waals surface area contributed by atoms with Gasteiger partial charge in [0.2, 0.25) is 0 Å². The highest BCUT2D eigenvalue weighted by Gasteiger charge is 2.21. The summed E-state index contributed by atoms with van der Waals surface area (Å²) in [5.74, 6) is -0.372. The lowest BCUT2D eigenvalue weighted by Crippen LogP contribution is -2.21. The van der Waals surface area contributed by atoms with E-state index in [0.717, 1.165) is 5.56 Å². The highest BCUT2D eigenvalue weighted by Crippen LogP contribution is 2.31. The molecule has 0 aliphatic rings. The van der Waals surface area contributed by atoms with Crippen molar-refractivity contribution in [3.8, 4) is 0 Å². The van der Waals surface area contributed by atoms with Crippen molar-refractivity contribution in [2.75, 3.05) is 0 Å². The zero-order chi connectivity index (χ0) is 15.6. The molecule has 0 aliphatic heterocycles. The van der Waals surface area contributed by atoms with Crippen molar-refractivity contribution in [2.24, 2.45) is 5.73 Å². The van der Waals surface area contributed by atoms with Crippen molar-refractivity contribution in [1.29, 1.82) is 0 Å². The van der Waals surface area contributed by atoms with E-state index in [1.807, 2.05) is 18.2 Å². The molecule has 1 nitrogen and oxygen atoms in total. The van der Waals surface area contributed by atoms with Gasteiger partial charge in [0.25, 0.3) is 0 Å². The van der Waals surface area contributed by atoms with Crippen LogP contribution in [0.2, 0.25) is 5.02 Å². The minimum absolute atomic E-state index is 0.00108. The van der Waals surface area contributed by atoms with Crippen LogP contribution in [0.25, 0.3) is 0 Å². The van der Waals surface area contributed by atoms with Crippen LogP contribution in [-0.4, -0.2) is 0 Å². The van der Waals surface area contributed by atoms with Gasteiger partial charge in [0.1, 0.15) is 5.82 Å². The summed E-state index contributed by atoms with van der Waals surface area (Å²) in [6, 6.07) is 12.9. The van der Waals surface area contributed by atoms with Crippen molar-refractivity contribution >= 4 is 11.6 Å². The predicted molar refractivity (Wildman–Crippen MR) is 87.2 cm³/mol. The van der Waals surface area contributed by atoms with E-state index in [1.54, 1.807) is 18.2 Å². The van der Waals surface area contributed by atoms with Crippen LogP contribution in [0.1, 0.15) is 43.5 Å². The number of hydrogen-bond donors (Lipinski definition) is 1. The molecule has 3 heteroatoms. The first-order valence-corrected chi connectivity index (χ1v) is 7.46. The second kappa shape index (κ2) is 6.17. The van der Waals surface area contributed by atoms with Gasteiger partial charge in [-0.1, -0.05) is 68.8 Å². The van der Waals surface area contributed by atoms with Crippen molar-refractivity contribution < 1.29 is 4.39 Å². The van der Waals surface area contributed by atoms with Crippen LogP contribution in [-0.2, 0) is 11.8 Å². The summed E-state index contributed by atoms with van der Waals surface area (Å²) in [4.78, 5) is 0. The standard InChI is InChI=1S/C18H21ClFN/c1-18(2,3)14-9-5-4-8-13(14)16(21)11-12-7-6-10-15(19)17(12)20/h4-10,16H,11,21H2,1-3H3. The second-order valence-electron chi connectivity index (χ2n) is 6.36. The fourth-order valence-electron chi connectivity index (χ4n) is 2.56. The van der Waals surface area contributed by atoms with Gasteiger partial charge in [-0.05, 0) is 34.6 Å². The maximum Gasteiger partial charge on any atom is 0.145 e. The third-order valence-corrected chi connectivity index (χ3v) is 3.93. The fourth-order valence-corrected chi connectivity index (χ4v) is 2.75. The van der Waals surface area contributed by atoms with Gasteiger partial charge in [-0.2, -0.15) is 0 Å². The summed E-state index contributed by atoms with van der Waals surface area (Å²) < 4.78 is 14.0. The van der Waals surface area contributed by atoms with Crippen LogP contribution in [0.3, 0.4) is 0 Å². The first kappa shape index (κ1) is 16.0. The lowest BCUT2D eigenvalue weighted by molar-refractivity contribution is 0.560. The van der Waals surface area contributed by atoms with E-state index in [-0.39, 0.29) is 22.3 Å². The van der Waals surface area contributed by atoms with Crippen molar-refractivity contribution in [1.82, 2.24) is 0 Å². The fraction of sp³-hybridized carbons (Fsp3) is 0.333. The van der Waals surface area contributed by atoms with Crippen LogP contribution in [0.4, 0.5) is 4.39 Å². The summed E-state index contributed by atoms with van der Waals surface area (Å²) >= 11 is 5.83. The molecule has 0 aliphatic carbocycles. The van der Waals surface area contributed by atoms with Crippen molar-refractivity contribution in [3.05, 3.63) is 70.0 Å². The normalized spacial score (nSPS) is 13.2. The highest BCUT2D eigenvalue weighted by molar-refractivity contribution is 6.30. The number of hydrogen-bond acceptors (Lipinski definition) is 1. The maximum atomic E-state index is 14.0. The molecule has 2 aromatic carbocycles. The summed E-state index contributed by atoms with van der Waals surface area (Å²) in [5, 5.41) is 0.142. The molecule has 0 saturated heterocycles. The molecule has 0 spiro atoms. The molecule has 1 unspecified atom stereocenters. The molecular formula is C18H21ClFN. The number of benzene rings is 2. The lowest BCUT2D eigenvalue weighted by Gasteiger charge is -2.26. The SMILES string of the molecule is CC(C)(C)c1ccccc1C(N)Cc1cccc(Cl)c1F. The van der Waals surface area contributed by atoms with E-state index in [9.17, 15) is 4.39 Å². The summed E-state index contributed by atoms with van der Waals surface area (Å²) in [6.07, 6.45) is 0.430. The molecule has 0 radical (unpaired) electrons. The number of halogens is 2. The minimum atomic E-state index is -0.372. The Morgan fingerprint density at radius 1 is 1.10 bits per heavy atom.